The van der Waals surface area contributed by atoms with Crippen LogP contribution in [0.5, 0.6) is 11.5 Å². The van der Waals surface area contributed by atoms with Crippen molar-refractivity contribution in [2.45, 2.75) is 25.8 Å². The molecule has 1 fully saturated rings. The Morgan fingerprint density at radius 3 is 2.47 bits per heavy atom. The lowest BCUT2D eigenvalue weighted by molar-refractivity contribution is -0.126. The molecule has 0 aromatic heterocycles. The van der Waals surface area contributed by atoms with Gasteiger partial charge in [0.25, 0.3) is 0 Å². The third-order valence-electron chi connectivity index (χ3n) is 5.84. The lowest BCUT2D eigenvalue weighted by Gasteiger charge is -2.30. The van der Waals surface area contributed by atoms with Crippen molar-refractivity contribution >= 4 is 22.0 Å². The molecule has 2 aromatic rings. The van der Waals surface area contributed by atoms with E-state index >= 15 is 0 Å². The molecule has 1 unspecified atom stereocenters. The fourth-order valence-electron chi connectivity index (χ4n) is 3.93. The molecule has 1 N–H and O–H groups in total. The van der Waals surface area contributed by atoms with Gasteiger partial charge in [-0.15, -0.1) is 0 Å². The van der Waals surface area contributed by atoms with Crippen LogP contribution in [0.25, 0.3) is 6.08 Å². The fraction of sp³-hybridized carbons (Fsp3) is 0.375. The van der Waals surface area contributed by atoms with Crippen LogP contribution >= 0.6 is 0 Å². The first-order chi connectivity index (χ1) is 15.4. The molecule has 0 saturated carbocycles. The van der Waals surface area contributed by atoms with Gasteiger partial charge in [-0.2, -0.15) is 4.31 Å². The van der Waals surface area contributed by atoms with Crippen molar-refractivity contribution in [3.8, 4) is 11.5 Å². The van der Waals surface area contributed by atoms with E-state index in [1.807, 2.05) is 55.5 Å². The zero-order chi connectivity index (χ0) is 22.6. The minimum absolute atomic E-state index is 0.0516. The minimum Gasteiger partial charge on any atom is -0.486 e. The van der Waals surface area contributed by atoms with Crippen LogP contribution in [-0.4, -0.2) is 44.9 Å². The standard InChI is InChI=1S/C24H28N2O5S/c1-18(21-7-8-22-23(17-21)31-15-14-30-22)25-24(27)20-9-12-26(13-10-20)32(28,29)16-11-19-5-3-2-4-6-19/h2-8,11,16-18,20H,9-10,12-15H2,1H3,(H,25,27)/b16-11+. The van der Waals surface area contributed by atoms with Gasteiger partial charge in [0.1, 0.15) is 13.2 Å². The van der Waals surface area contributed by atoms with Crippen molar-refractivity contribution in [2.75, 3.05) is 26.3 Å². The highest BCUT2D eigenvalue weighted by Crippen LogP contribution is 2.32. The Balaban J connectivity index is 1.31. The molecule has 0 bridgehead atoms. The predicted molar refractivity (Wildman–Crippen MR) is 123 cm³/mol. The summed E-state index contributed by atoms with van der Waals surface area (Å²) in [5.74, 6) is 1.15. The van der Waals surface area contributed by atoms with Gasteiger partial charge in [0.15, 0.2) is 11.5 Å². The lowest BCUT2D eigenvalue weighted by Crippen LogP contribution is -2.42. The van der Waals surface area contributed by atoms with Crippen molar-refractivity contribution < 1.29 is 22.7 Å². The van der Waals surface area contributed by atoms with E-state index in [0.29, 0.717) is 50.6 Å². The summed E-state index contributed by atoms with van der Waals surface area (Å²) in [6.07, 6.45) is 2.60. The largest absolute Gasteiger partial charge is 0.486 e. The summed E-state index contributed by atoms with van der Waals surface area (Å²) in [6.45, 7) is 3.64. The zero-order valence-corrected chi connectivity index (χ0v) is 18.9. The van der Waals surface area contributed by atoms with Gasteiger partial charge >= 0.3 is 0 Å². The normalized spacial score (nSPS) is 18.4. The molecule has 2 aromatic carbocycles. The topological polar surface area (TPSA) is 84.9 Å². The maximum atomic E-state index is 12.8. The first-order valence-electron chi connectivity index (χ1n) is 10.9. The number of nitrogens with zero attached hydrogens (tertiary/aromatic N) is 1. The van der Waals surface area contributed by atoms with Gasteiger partial charge in [0.05, 0.1) is 6.04 Å². The molecule has 2 aliphatic rings. The number of carbonyl (C=O) groups is 1. The molecule has 0 aliphatic carbocycles. The van der Waals surface area contributed by atoms with Gasteiger partial charge in [0, 0.05) is 24.4 Å². The highest BCUT2D eigenvalue weighted by atomic mass is 32.2. The number of piperidine rings is 1. The summed E-state index contributed by atoms with van der Waals surface area (Å²) < 4.78 is 37.9. The number of hydrogen-bond acceptors (Lipinski definition) is 5. The van der Waals surface area contributed by atoms with E-state index in [0.717, 1.165) is 11.1 Å². The highest BCUT2D eigenvalue weighted by molar-refractivity contribution is 7.92. The van der Waals surface area contributed by atoms with E-state index in [4.69, 9.17) is 9.47 Å². The molecular weight excluding hydrogens is 428 g/mol. The lowest BCUT2D eigenvalue weighted by atomic mass is 9.96. The molecule has 1 atom stereocenters. The Morgan fingerprint density at radius 2 is 1.75 bits per heavy atom. The first-order valence-corrected chi connectivity index (χ1v) is 12.4. The summed E-state index contributed by atoms with van der Waals surface area (Å²) in [6, 6.07) is 14.8. The second kappa shape index (κ2) is 9.75. The van der Waals surface area contributed by atoms with E-state index in [2.05, 4.69) is 5.32 Å². The number of ether oxygens (including phenoxy) is 2. The Kier molecular flexibility index (Phi) is 6.81. The molecule has 170 valence electrons. The minimum atomic E-state index is -3.51. The smallest absolute Gasteiger partial charge is 0.236 e. The summed E-state index contributed by atoms with van der Waals surface area (Å²) in [7, 11) is -3.51. The highest BCUT2D eigenvalue weighted by Gasteiger charge is 2.30. The van der Waals surface area contributed by atoms with Gasteiger partial charge in [-0.25, -0.2) is 8.42 Å². The zero-order valence-electron chi connectivity index (χ0n) is 18.1. The second-order valence-corrected chi connectivity index (χ2v) is 9.88. The van der Waals surface area contributed by atoms with Crippen LogP contribution in [0.3, 0.4) is 0 Å². The van der Waals surface area contributed by atoms with Gasteiger partial charge in [0.2, 0.25) is 15.9 Å². The number of amides is 1. The molecule has 7 nitrogen and oxygen atoms in total. The van der Waals surface area contributed by atoms with E-state index in [9.17, 15) is 13.2 Å². The average molecular weight is 457 g/mol. The number of sulfonamides is 1. The van der Waals surface area contributed by atoms with Crippen molar-refractivity contribution in [3.05, 3.63) is 65.1 Å². The monoisotopic (exact) mass is 456 g/mol. The van der Waals surface area contributed by atoms with E-state index < -0.39 is 10.0 Å². The van der Waals surface area contributed by atoms with Crippen LogP contribution in [0.15, 0.2) is 53.9 Å². The van der Waals surface area contributed by atoms with Gasteiger partial charge in [-0.1, -0.05) is 36.4 Å². The molecular formula is C24H28N2O5S. The van der Waals surface area contributed by atoms with E-state index in [1.54, 1.807) is 6.08 Å². The van der Waals surface area contributed by atoms with Crippen LogP contribution in [0.1, 0.15) is 36.9 Å². The van der Waals surface area contributed by atoms with Crippen LogP contribution in [-0.2, 0) is 14.8 Å². The Bertz CT molecular complexity index is 1080. The van der Waals surface area contributed by atoms with Crippen LogP contribution < -0.4 is 14.8 Å². The predicted octanol–water partition coefficient (Wildman–Crippen LogP) is 3.35. The molecule has 0 radical (unpaired) electrons. The van der Waals surface area contributed by atoms with Crippen molar-refractivity contribution in [3.63, 3.8) is 0 Å². The fourth-order valence-corrected chi connectivity index (χ4v) is 5.15. The summed E-state index contributed by atoms with van der Waals surface area (Å²) in [4.78, 5) is 12.8. The molecule has 8 heteroatoms. The SMILES string of the molecule is CC(NC(=O)C1CCN(S(=O)(=O)/C=C/c2ccccc2)CC1)c1ccc2c(c1)OCCO2. The molecule has 1 amide bonds. The summed E-state index contributed by atoms with van der Waals surface area (Å²) in [5.41, 5.74) is 1.77. The number of carbonyl (C=O) groups excluding carboxylic acids is 1. The third-order valence-corrected chi connectivity index (χ3v) is 7.41. The molecule has 32 heavy (non-hydrogen) atoms. The molecule has 2 heterocycles. The number of hydrogen-bond donors (Lipinski definition) is 1. The van der Waals surface area contributed by atoms with E-state index in [-0.39, 0.29) is 17.9 Å². The van der Waals surface area contributed by atoms with Gasteiger partial charge in [-0.3, -0.25) is 4.79 Å². The number of benzene rings is 2. The van der Waals surface area contributed by atoms with E-state index in [1.165, 1.54) is 9.71 Å². The Morgan fingerprint density at radius 1 is 1.06 bits per heavy atom. The van der Waals surface area contributed by atoms with Crippen molar-refractivity contribution in [2.24, 2.45) is 5.92 Å². The Labute approximate surface area is 189 Å². The molecule has 2 aliphatic heterocycles. The molecule has 4 rings (SSSR count). The average Bonchev–Trinajstić information content (AvgIpc) is 2.83. The van der Waals surface area contributed by atoms with Gasteiger partial charge in [-0.05, 0) is 49.1 Å². The maximum Gasteiger partial charge on any atom is 0.236 e. The maximum absolute atomic E-state index is 12.8. The second-order valence-electron chi connectivity index (χ2n) is 8.07. The summed E-state index contributed by atoms with van der Waals surface area (Å²) >= 11 is 0. The van der Waals surface area contributed by atoms with Gasteiger partial charge < -0.3 is 14.8 Å². The molecule has 0 spiro atoms. The molecule has 1 saturated heterocycles. The first kappa shape index (κ1) is 22.4. The van der Waals surface area contributed by atoms with Crippen molar-refractivity contribution in [1.82, 2.24) is 9.62 Å². The van der Waals surface area contributed by atoms with Crippen LogP contribution in [0.4, 0.5) is 0 Å². The Hall–Kier alpha value is -2.84. The van der Waals surface area contributed by atoms with Crippen LogP contribution in [0.2, 0.25) is 0 Å². The van der Waals surface area contributed by atoms with Crippen molar-refractivity contribution in [1.29, 1.82) is 0 Å². The number of rotatable bonds is 6. The number of fused-ring (bicyclic) bond motifs is 1. The summed E-state index contributed by atoms with van der Waals surface area (Å²) in [5, 5.41) is 4.30. The third kappa shape index (κ3) is 5.31. The number of nitrogens with one attached hydrogen (secondary N) is 1. The van der Waals surface area contributed by atoms with Crippen LogP contribution in [0, 0.1) is 5.92 Å². The quantitative estimate of drug-likeness (QED) is 0.721.